The van der Waals surface area contributed by atoms with E-state index in [1.807, 2.05) is 6.07 Å². The lowest BCUT2D eigenvalue weighted by atomic mass is 10.2. The highest BCUT2D eigenvalue weighted by Crippen LogP contribution is 2.14. The molecule has 0 unspecified atom stereocenters. The van der Waals surface area contributed by atoms with Gasteiger partial charge in [-0.05, 0) is 28.1 Å². The van der Waals surface area contributed by atoms with E-state index < -0.39 is 0 Å². The second-order valence-electron chi connectivity index (χ2n) is 3.36. The highest BCUT2D eigenvalue weighted by molar-refractivity contribution is 9.18. The number of hydrogen-bond donors (Lipinski definition) is 0. The number of oxime groups is 1. The molecule has 1 atom stereocenters. The van der Waals surface area contributed by atoms with Crippen molar-refractivity contribution in [2.45, 2.75) is 12.5 Å². The molecule has 4 nitrogen and oxygen atoms in total. The van der Waals surface area contributed by atoms with Crippen LogP contribution >= 0.6 is 15.9 Å². The van der Waals surface area contributed by atoms with Crippen LogP contribution in [-0.4, -0.2) is 23.3 Å². The van der Waals surface area contributed by atoms with Gasteiger partial charge < -0.3 is 9.57 Å². The molecule has 1 aliphatic heterocycles. The monoisotopic (exact) mass is 283 g/mol. The molecular formula is C11H10BrNO3. The van der Waals surface area contributed by atoms with Gasteiger partial charge in [-0.1, -0.05) is 23.4 Å². The molecule has 0 aliphatic carbocycles. The molecule has 2 rings (SSSR count). The van der Waals surface area contributed by atoms with Gasteiger partial charge in [0.2, 0.25) is 0 Å². The summed E-state index contributed by atoms with van der Waals surface area (Å²) in [4.78, 5) is 16.6. The Bertz CT molecular complexity index is 405. The number of benzene rings is 1. The number of ether oxygens (including phenoxy) is 1. The summed E-state index contributed by atoms with van der Waals surface area (Å²) in [6, 6.07) is 8.86. The zero-order chi connectivity index (χ0) is 11.4. The van der Waals surface area contributed by atoms with Crippen molar-refractivity contribution in [3.8, 4) is 0 Å². The second-order valence-corrected chi connectivity index (χ2v) is 4.28. The largest absolute Gasteiger partial charge is 0.458 e. The summed E-state index contributed by atoms with van der Waals surface area (Å²) in [5.74, 6) is -0.341. The molecule has 84 valence electrons. The van der Waals surface area contributed by atoms with Crippen LogP contribution in [-0.2, 0) is 9.57 Å². The van der Waals surface area contributed by atoms with Gasteiger partial charge in [-0.3, -0.25) is 0 Å². The van der Waals surface area contributed by atoms with Crippen molar-refractivity contribution in [1.82, 2.24) is 0 Å². The molecule has 1 aliphatic rings. The molecular weight excluding hydrogens is 274 g/mol. The molecule has 1 aromatic carbocycles. The average Bonchev–Trinajstić information content (AvgIpc) is 2.73. The van der Waals surface area contributed by atoms with Crippen LogP contribution in [0.4, 0.5) is 0 Å². The van der Waals surface area contributed by atoms with E-state index in [1.165, 1.54) is 0 Å². The van der Waals surface area contributed by atoms with Gasteiger partial charge in [0.05, 0.1) is 5.56 Å². The predicted molar refractivity (Wildman–Crippen MR) is 62.6 cm³/mol. The van der Waals surface area contributed by atoms with Gasteiger partial charge in [-0.25, -0.2) is 4.79 Å². The molecule has 0 spiro atoms. The van der Waals surface area contributed by atoms with Gasteiger partial charge in [-0.2, -0.15) is 0 Å². The first-order valence-electron chi connectivity index (χ1n) is 4.86. The van der Waals surface area contributed by atoms with Crippen LogP contribution in [0.5, 0.6) is 0 Å². The van der Waals surface area contributed by atoms with Gasteiger partial charge in [0.15, 0.2) is 6.10 Å². The number of halogens is 1. The standard InChI is InChI=1S/C11H10BrNO3/c12-10-6-9(16-13-10)7-15-11(14)8-4-2-1-3-5-8/h1-5,9H,6-7H2/t9-/m1/s1. The van der Waals surface area contributed by atoms with Crippen LogP contribution in [0.1, 0.15) is 16.8 Å². The van der Waals surface area contributed by atoms with Crippen molar-refractivity contribution in [2.24, 2.45) is 5.16 Å². The van der Waals surface area contributed by atoms with Crippen molar-refractivity contribution in [2.75, 3.05) is 6.61 Å². The number of nitrogens with zero attached hydrogens (tertiary/aromatic N) is 1. The summed E-state index contributed by atoms with van der Waals surface area (Å²) in [5, 5.41) is 3.71. The summed E-state index contributed by atoms with van der Waals surface area (Å²) in [5.41, 5.74) is 0.542. The second kappa shape index (κ2) is 5.12. The Morgan fingerprint density at radius 3 is 2.88 bits per heavy atom. The zero-order valence-electron chi connectivity index (χ0n) is 8.43. The minimum atomic E-state index is -0.341. The summed E-state index contributed by atoms with van der Waals surface area (Å²) < 4.78 is 5.85. The van der Waals surface area contributed by atoms with Crippen molar-refractivity contribution < 1.29 is 14.4 Å². The van der Waals surface area contributed by atoms with E-state index in [2.05, 4.69) is 21.1 Å². The van der Waals surface area contributed by atoms with Crippen LogP contribution in [0.25, 0.3) is 0 Å². The van der Waals surface area contributed by atoms with Crippen molar-refractivity contribution in [3.05, 3.63) is 35.9 Å². The van der Waals surface area contributed by atoms with E-state index in [4.69, 9.17) is 9.57 Å². The normalized spacial score (nSPS) is 18.8. The lowest BCUT2D eigenvalue weighted by Crippen LogP contribution is -2.18. The lowest BCUT2D eigenvalue weighted by molar-refractivity contribution is 0.00686. The third-order valence-corrected chi connectivity index (χ3v) is 2.58. The molecule has 0 aromatic heterocycles. The molecule has 1 heterocycles. The first-order valence-corrected chi connectivity index (χ1v) is 5.65. The molecule has 0 radical (unpaired) electrons. The van der Waals surface area contributed by atoms with Gasteiger partial charge in [0.1, 0.15) is 11.2 Å². The maximum absolute atomic E-state index is 11.6. The van der Waals surface area contributed by atoms with Crippen molar-refractivity contribution in [3.63, 3.8) is 0 Å². The Morgan fingerprint density at radius 2 is 2.25 bits per heavy atom. The van der Waals surface area contributed by atoms with Crippen LogP contribution in [0, 0.1) is 0 Å². The van der Waals surface area contributed by atoms with E-state index in [9.17, 15) is 4.79 Å². The lowest BCUT2D eigenvalue weighted by Gasteiger charge is -2.08. The third kappa shape index (κ3) is 2.82. The molecule has 0 bridgehead atoms. The number of carbonyl (C=O) groups excluding carboxylic acids is 1. The molecule has 0 N–H and O–H groups in total. The van der Waals surface area contributed by atoms with Crippen LogP contribution in [0.3, 0.4) is 0 Å². The smallest absolute Gasteiger partial charge is 0.338 e. The highest BCUT2D eigenvalue weighted by Gasteiger charge is 2.21. The van der Waals surface area contributed by atoms with Gasteiger partial charge in [0, 0.05) is 6.42 Å². The van der Waals surface area contributed by atoms with E-state index >= 15 is 0 Å². The summed E-state index contributed by atoms with van der Waals surface area (Å²) >= 11 is 3.22. The van der Waals surface area contributed by atoms with Crippen LogP contribution < -0.4 is 0 Å². The van der Waals surface area contributed by atoms with Gasteiger partial charge >= 0.3 is 5.97 Å². The fourth-order valence-electron chi connectivity index (χ4n) is 1.31. The average molecular weight is 284 g/mol. The van der Waals surface area contributed by atoms with Gasteiger partial charge in [-0.15, -0.1) is 0 Å². The number of hydrogen-bond acceptors (Lipinski definition) is 4. The predicted octanol–water partition coefficient (Wildman–Crippen LogP) is 2.34. The molecule has 0 saturated carbocycles. The zero-order valence-corrected chi connectivity index (χ0v) is 10.0. The SMILES string of the molecule is O=C(OC[C@H]1CC(Br)=NO1)c1ccccc1. The summed E-state index contributed by atoms with van der Waals surface area (Å²) in [7, 11) is 0. The van der Waals surface area contributed by atoms with Crippen molar-refractivity contribution in [1.29, 1.82) is 0 Å². The fourth-order valence-corrected chi connectivity index (χ4v) is 1.75. The molecule has 0 amide bonds. The first-order chi connectivity index (χ1) is 7.75. The minimum Gasteiger partial charge on any atom is -0.458 e. The maximum atomic E-state index is 11.6. The van der Waals surface area contributed by atoms with Crippen LogP contribution in [0.15, 0.2) is 35.5 Å². The molecule has 0 saturated heterocycles. The number of carbonyl (C=O) groups is 1. The quantitative estimate of drug-likeness (QED) is 0.800. The molecule has 0 fully saturated rings. The Labute approximate surface area is 101 Å². The fraction of sp³-hybridized carbons (Fsp3) is 0.273. The Balaban J connectivity index is 1.81. The Morgan fingerprint density at radius 1 is 1.50 bits per heavy atom. The number of esters is 1. The van der Waals surface area contributed by atoms with E-state index in [1.54, 1.807) is 24.3 Å². The number of rotatable bonds is 3. The Hall–Kier alpha value is -1.36. The molecule has 5 heteroatoms. The maximum Gasteiger partial charge on any atom is 0.338 e. The van der Waals surface area contributed by atoms with Crippen LogP contribution in [0.2, 0.25) is 0 Å². The van der Waals surface area contributed by atoms with Gasteiger partial charge in [0.25, 0.3) is 0 Å². The topological polar surface area (TPSA) is 47.9 Å². The summed E-state index contributed by atoms with van der Waals surface area (Å²) in [6.07, 6.45) is 0.462. The first kappa shape index (κ1) is 11.1. The van der Waals surface area contributed by atoms with Crippen molar-refractivity contribution >= 4 is 26.5 Å². The van der Waals surface area contributed by atoms with E-state index in [-0.39, 0.29) is 18.7 Å². The molecule has 16 heavy (non-hydrogen) atoms. The van der Waals surface area contributed by atoms with E-state index in [0.29, 0.717) is 12.0 Å². The Kier molecular flexibility index (Phi) is 3.56. The minimum absolute atomic E-state index is 0.179. The highest BCUT2D eigenvalue weighted by atomic mass is 79.9. The van der Waals surface area contributed by atoms with E-state index in [0.717, 1.165) is 4.62 Å². The third-order valence-electron chi connectivity index (χ3n) is 2.11. The summed E-state index contributed by atoms with van der Waals surface area (Å²) in [6.45, 7) is 0.215. The molecule has 1 aromatic rings.